The van der Waals surface area contributed by atoms with Crippen LogP contribution in [0.3, 0.4) is 0 Å². The normalized spacial score (nSPS) is 25.3. The molecule has 0 spiro atoms. The number of aliphatic hydroxyl groups is 1. The summed E-state index contributed by atoms with van der Waals surface area (Å²) in [7, 11) is 0. The molecule has 5 heteroatoms. The number of carbonyl (C=O) groups is 1. The minimum Gasteiger partial charge on any atom is -0.491 e. The van der Waals surface area contributed by atoms with Crippen LogP contribution in [0, 0.1) is 6.92 Å². The summed E-state index contributed by atoms with van der Waals surface area (Å²) < 4.78 is 5.79. The molecule has 0 saturated carbocycles. The molecule has 2 aliphatic heterocycles. The van der Waals surface area contributed by atoms with E-state index in [1.165, 1.54) is 0 Å². The molecule has 0 radical (unpaired) electrons. The number of hydrogen-bond donors (Lipinski definition) is 1. The van der Waals surface area contributed by atoms with Crippen molar-refractivity contribution in [2.75, 3.05) is 26.2 Å². The highest BCUT2D eigenvalue weighted by Crippen LogP contribution is 2.30. The third-order valence-corrected chi connectivity index (χ3v) is 5.53. The summed E-state index contributed by atoms with van der Waals surface area (Å²) in [6, 6.07) is 8.56. The molecule has 0 bridgehead atoms. The SMILES string of the molecule is CC(=O)N1CCC[C@@H]1[C@@H]1CCCN1C[C@@H](O)COc1ccccc1C. The maximum Gasteiger partial charge on any atom is 0.219 e. The van der Waals surface area contributed by atoms with Crippen LogP contribution in [0.15, 0.2) is 24.3 Å². The van der Waals surface area contributed by atoms with Crippen LogP contribution in [0.25, 0.3) is 0 Å². The van der Waals surface area contributed by atoms with E-state index in [4.69, 9.17) is 4.74 Å². The number of hydrogen-bond acceptors (Lipinski definition) is 4. The molecule has 138 valence electrons. The van der Waals surface area contributed by atoms with E-state index in [1.54, 1.807) is 6.92 Å². The molecule has 3 atom stereocenters. The fourth-order valence-electron chi connectivity index (χ4n) is 4.33. The minimum atomic E-state index is -0.521. The van der Waals surface area contributed by atoms with E-state index in [2.05, 4.69) is 4.90 Å². The van der Waals surface area contributed by atoms with Crippen molar-refractivity contribution in [2.45, 2.75) is 57.7 Å². The van der Waals surface area contributed by atoms with Crippen LogP contribution >= 0.6 is 0 Å². The van der Waals surface area contributed by atoms with Crippen molar-refractivity contribution in [3.8, 4) is 5.75 Å². The molecule has 1 N–H and O–H groups in total. The van der Waals surface area contributed by atoms with Gasteiger partial charge < -0.3 is 14.7 Å². The van der Waals surface area contributed by atoms with E-state index in [9.17, 15) is 9.90 Å². The highest BCUT2D eigenvalue weighted by atomic mass is 16.5. The van der Waals surface area contributed by atoms with Crippen molar-refractivity contribution in [1.82, 2.24) is 9.80 Å². The first-order valence-corrected chi connectivity index (χ1v) is 9.44. The second kappa shape index (κ2) is 8.19. The van der Waals surface area contributed by atoms with E-state index in [-0.39, 0.29) is 5.91 Å². The number of amides is 1. The predicted molar refractivity (Wildman–Crippen MR) is 97.7 cm³/mol. The van der Waals surface area contributed by atoms with Crippen LogP contribution in [0.4, 0.5) is 0 Å². The van der Waals surface area contributed by atoms with Gasteiger partial charge >= 0.3 is 0 Å². The standard InChI is InChI=1S/C20H30N2O3/c1-15-7-3-4-10-20(15)25-14-17(24)13-21-11-5-8-18(21)19-9-6-12-22(19)16(2)23/h3-4,7,10,17-19,24H,5-6,8-9,11-14H2,1-2H3/t17-,18+,19-/m1/s1. The molecule has 25 heavy (non-hydrogen) atoms. The van der Waals surface area contributed by atoms with Crippen LogP contribution < -0.4 is 4.74 Å². The summed E-state index contributed by atoms with van der Waals surface area (Å²) in [6.45, 7) is 6.46. The van der Waals surface area contributed by atoms with Gasteiger partial charge in [-0.3, -0.25) is 9.69 Å². The van der Waals surface area contributed by atoms with E-state index in [1.807, 2.05) is 36.1 Å². The van der Waals surface area contributed by atoms with Crippen LogP contribution in [0.5, 0.6) is 5.75 Å². The van der Waals surface area contributed by atoms with E-state index in [0.717, 1.165) is 50.1 Å². The van der Waals surface area contributed by atoms with Gasteiger partial charge in [0.05, 0.1) is 0 Å². The summed E-state index contributed by atoms with van der Waals surface area (Å²) in [5.74, 6) is 1.01. The largest absolute Gasteiger partial charge is 0.491 e. The number of carbonyl (C=O) groups excluding carboxylic acids is 1. The summed E-state index contributed by atoms with van der Waals surface area (Å²) in [5.41, 5.74) is 1.08. The van der Waals surface area contributed by atoms with E-state index >= 15 is 0 Å². The molecular formula is C20H30N2O3. The molecule has 0 unspecified atom stereocenters. The number of rotatable bonds is 6. The van der Waals surface area contributed by atoms with Gasteiger partial charge in [-0.2, -0.15) is 0 Å². The number of benzene rings is 1. The average molecular weight is 346 g/mol. The first kappa shape index (κ1) is 18.2. The Morgan fingerprint density at radius 3 is 2.72 bits per heavy atom. The lowest BCUT2D eigenvalue weighted by molar-refractivity contribution is -0.130. The zero-order valence-electron chi connectivity index (χ0n) is 15.4. The fraction of sp³-hybridized carbons (Fsp3) is 0.650. The molecule has 0 aromatic heterocycles. The lowest BCUT2D eigenvalue weighted by atomic mass is 10.0. The first-order chi connectivity index (χ1) is 12.1. The molecular weight excluding hydrogens is 316 g/mol. The topological polar surface area (TPSA) is 53.0 Å². The number of β-amino-alcohol motifs (C(OH)–C–C–N with tert-alkyl or cyclic N) is 1. The average Bonchev–Trinajstić information content (AvgIpc) is 3.22. The number of likely N-dealkylation sites (tertiary alicyclic amines) is 2. The van der Waals surface area contributed by atoms with Gasteiger partial charge in [-0.15, -0.1) is 0 Å². The molecule has 1 amide bonds. The summed E-state index contributed by atoms with van der Waals surface area (Å²) in [4.78, 5) is 16.3. The Bertz CT molecular complexity index is 592. The number of aliphatic hydroxyl groups excluding tert-OH is 1. The van der Waals surface area contributed by atoms with Crippen LogP contribution in [0.1, 0.15) is 38.2 Å². The Hall–Kier alpha value is -1.59. The van der Waals surface area contributed by atoms with Gasteiger partial charge in [0.15, 0.2) is 0 Å². The molecule has 0 aliphatic carbocycles. The van der Waals surface area contributed by atoms with E-state index in [0.29, 0.717) is 25.2 Å². The Morgan fingerprint density at radius 1 is 1.24 bits per heavy atom. The number of ether oxygens (including phenoxy) is 1. The molecule has 2 fully saturated rings. The maximum absolute atomic E-state index is 11.9. The lowest BCUT2D eigenvalue weighted by Gasteiger charge is -2.35. The third kappa shape index (κ3) is 4.33. The van der Waals surface area contributed by atoms with Gasteiger partial charge in [-0.05, 0) is 50.8 Å². The van der Waals surface area contributed by atoms with E-state index < -0.39 is 6.10 Å². The molecule has 3 rings (SSSR count). The molecule has 2 saturated heterocycles. The Labute approximate surface area is 150 Å². The zero-order chi connectivity index (χ0) is 17.8. The zero-order valence-corrected chi connectivity index (χ0v) is 15.4. The molecule has 1 aromatic carbocycles. The smallest absolute Gasteiger partial charge is 0.219 e. The van der Waals surface area contributed by atoms with Crippen LogP contribution in [-0.2, 0) is 4.79 Å². The quantitative estimate of drug-likeness (QED) is 0.858. The van der Waals surface area contributed by atoms with Crippen molar-refractivity contribution in [3.05, 3.63) is 29.8 Å². The van der Waals surface area contributed by atoms with Gasteiger partial charge in [-0.1, -0.05) is 18.2 Å². The van der Waals surface area contributed by atoms with Crippen molar-refractivity contribution < 1.29 is 14.6 Å². The van der Waals surface area contributed by atoms with Crippen molar-refractivity contribution in [3.63, 3.8) is 0 Å². The highest BCUT2D eigenvalue weighted by molar-refractivity contribution is 5.74. The fourth-order valence-corrected chi connectivity index (χ4v) is 4.33. The summed E-state index contributed by atoms with van der Waals surface area (Å²) >= 11 is 0. The Balaban J connectivity index is 1.54. The van der Waals surface area contributed by atoms with Gasteiger partial charge in [0.25, 0.3) is 0 Å². The van der Waals surface area contributed by atoms with Crippen LogP contribution in [-0.4, -0.2) is 65.2 Å². The summed E-state index contributed by atoms with van der Waals surface area (Å²) in [5, 5.41) is 10.5. The predicted octanol–water partition coefficient (Wildman–Crippen LogP) is 2.21. The number of aryl methyl sites for hydroxylation is 1. The first-order valence-electron chi connectivity index (χ1n) is 9.44. The molecule has 1 aromatic rings. The molecule has 5 nitrogen and oxygen atoms in total. The minimum absolute atomic E-state index is 0.179. The Kier molecular flexibility index (Phi) is 5.97. The van der Waals surface area contributed by atoms with Crippen molar-refractivity contribution >= 4 is 5.91 Å². The second-order valence-electron chi connectivity index (χ2n) is 7.36. The summed E-state index contributed by atoms with van der Waals surface area (Å²) in [6.07, 6.45) is 3.90. The van der Waals surface area contributed by atoms with Gasteiger partial charge in [0, 0.05) is 32.1 Å². The van der Waals surface area contributed by atoms with Crippen molar-refractivity contribution in [2.24, 2.45) is 0 Å². The Morgan fingerprint density at radius 2 is 1.96 bits per heavy atom. The lowest BCUT2D eigenvalue weighted by Crippen LogP contribution is -2.49. The second-order valence-corrected chi connectivity index (χ2v) is 7.36. The van der Waals surface area contributed by atoms with Gasteiger partial charge in [-0.25, -0.2) is 0 Å². The number of nitrogens with zero attached hydrogens (tertiary/aromatic N) is 2. The van der Waals surface area contributed by atoms with Gasteiger partial charge in [0.1, 0.15) is 18.5 Å². The monoisotopic (exact) mass is 346 g/mol. The number of para-hydroxylation sites is 1. The van der Waals surface area contributed by atoms with Crippen molar-refractivity contribution in [1.29, 1.82) is 0 Å². The third-order valence-electron chi connectivity index (χ3n) is 5.53. The molecule has 2 aliphatic rings. The molecule has 2 heterocycles. The maximum atomic E-state index is 11.9. The highest BCUT2D eigenvalue weighted by Gasteiger charge is 2.39. The van der Waals surface area contributed by atoms with Gasteiger partial charge in [0.2, 0.25) is 5.91 Å². The van der Waals surface area contributed by atoms with Crippen LogP contribution in [0.2, 0.25) is 0 Å².